The first kappa shape index (κ1) is 17.2. The molecule has 5 nitrogen and oxygen atoms in total. The molecule has 1 N–H and O–H groups in total. The van der Waals surface area contributed by atoms with E-state index in [0.717, 1.165) is 41.5 Å². The van der Waals surface area contributed by atoms with Crippen molar-refractivity contribution in [2.45, 2.75) is 20.0 Å². The number of aliphatic hydroxyl groups is 1. The van der Waals surface area contributed by atoms with Gasteiger partial charge in [0.15, 0.2) is 0 Å². The zero-order valence-corrected chi connectivity index (χ0v) is 15.7. The highest BCUT2D eigenvalue weighted by Gasteiger charge is 2.20. The molecule has 1 fully saturated rings. The van der Waals surface area contributed by atoms with Gasteiger partial charge in [0.1, 0.15) is 11.4 Å². The van der Waals surface area contributed by atoms with Crippen molar-refractivity contribution in [3.63, 3.8) is 0 Å². The Morgan fingerprint density at radius 1 is 1.35 bits per heavy atom. The zero-order valence-electron chi connectivity index (χ0n) is 14.9. The van der Waals surface area contributed by atoms with E-state index in [1.54, 1.807) is 19.2 Å². The molecule has 0 amide bonds. The molecule has 2 aromatic heterocycles. The van der Waals surface area contributed by atoms with Crippen LogP contribution in [0.2, 0.25) is 5.02 Å². The van der Waals surface area contributed by atoms with Gasteiger partial charge in [-0.1, -0.05) is 18.5 Å². The van der Waals surface area contributed by atoms with Crippen LogP contribution >= 0.6 is 11.6 Å². The summed E-state index contributed by atoms with van der Waals surface area (Å²) < 4.78 is 7.24. The highest BCUT2D eigenvalue weighted by molar-refractivity contribution is 6.32. The molecule has 0 radical (unpaired) electrons. The lowest BCUT2D eigenvalue weighted by molar-refractivity contribution is 0.281. The van der Waals surface area contributed by atoms with Gasteiger partial charge in [-0.25, -0.2) is 4.98 Å². The Labute approximate surface area is 157 Å². The van der Waals surface area contributed by atoms with Crippen molar-refractivity contribution in [1.29, 1.82) is 0 Å². The average molecular weight is 372 g/mol. The Balaban J connectivity index is 1.75. The molecule has 0 unspecified atom stereocenters. The maximum atomic E-state index is 9.74. The van der Waals surface area contributed by atoms with Crippen molar-refractivity contribution in [1.82, 2.24) is 9.38 Å². The van der Waals surface area contributed by atoms with E-state index in [2.05, 4.69) is 24.0 Å². The van der Waals surface area contributed by atoms with Gasteiger partial charge in [0.2, 0.25) is 0 Å². The molecule has 3 heterocycles. The number of imidazole rings is 1. The van der Waals surface area contributed by atoms with Crippen LogP contribution in [0.15, 0.2) is 36.7 Å². The fraction of sp³-hybridized carbons (Fsp3) is 0.350. The Bertz CT molecular complexity index is 954. The van der Waals surface area contributed by atoms with Crippen LogP contribution in [-0.4, -0.2) is 34.7 Å². The quantitative estimate of drug-likeness (QED) is 0.753. The number of pyridine rings is 1. The van der Waals surface area contributed by atoms with Gasteiger partial charge >= 0.3 is 0 Å². The molecule has 1 atom stereocenters. The number of halogens is 1. The van der Waals surface area contributed by atoms with Crippen LogP contribution in [0.4, 0.5) is 5.69 Å². The summed E-state index contributed by atoms with van der Waals surface area (Å²) in [5.41, 5.74) is 4.43. The van der Waals surface area contributed by atoms with Gasteiger partial charge in [-0.3, -0.25) is 0 Å². The third-order valence-corrected chi connectivity index (χ3v) is 5.35. The number of aromatic nitrogens is 2. The number of aliphatic hydroxyl groups excluding tert-OH is 1. The average Bonchev–Trinajstić information content (AvgIpc) is 3.26. The number of anilines is 1. The van der Waals surface area contributed by atoms with E-state index in [1.165, 1.54) is 12.1 Å². The highest BCUT2D eigenvalue weighted by atomic mass is 35.5. The lowest BCUT2D eigenvalue weighted by atomic mass is 10.1. The first-order chi connectivity index (χ1) is 12.6. The summed E-state index contributed by atoms with van der Waals surface area (Å²) in [5, 5.41) is 10.2. The molecular weight excluding hydrogens is 350 g/mol. The SMILES string of the molecule is COc1cc(CO)c(-c2cn3ccc(N4CC[C@H](C)C4)cc3n2)cc1Cl. The second-order valence-electron chi connectivity index (χ2n) is 6.92. The minimum Gasteiger partial charge on any atom is -0.495 e. The smallest absolute Gasteiger partial charge is 0.139 e. The Morgan fingerprint density at radius 2 is 2.19 bits per heavy atom. The Hall–Kier alpha value is -2.24. The Kier molecular flexibility index (Phi) is 4.51. The van der Waals surface area contributed by atoms with Crippen LogP contribution in [0.1, 0.15) is 18.9 Å². The molecule has 0 aliphatic carbocycles. The third kappa shape index (κ3) is 3.02. The fourth-order valence-electron chi connectivity index (χ4n) is 3.59. The van der Waals surface area contributed by atoms with Crippen LogP contribution in [0.25, 0.3) is 16.9 Å². The van der Waals surface area contributed by atoms with E-state index in [0.29, 0.717) is 10.8 Å². The monoisotopic (exact) mass is 371 g/mol. The lowest BCUT2D eigenvalue weighted by Gasteiger charge is -2.17. The summed E-state index contributed by atoms with van der Waals surface area (Å²) in [4.78, 5) is 7.17. The van der Waals surface area contributed by atoms with Crippen molar-refractivity contribution < 1.29 is 9.84 Å². The molecule has 6 heteroatoms. The number of hydrogen-bond acceptors (Lipinski definition) is 4. The number of methoxy groups -OCH3 is 1. The Morgan fingerprint density at radius 3 is 2.88 bits per heavy atom. The third-order valence-electron chi connectivity index (χ3n) is 5.06. The topological polar surface area (TPSA) is 50.0 Å². The molecule has 1 aliphatic rings. The number of fused-ring (bicyclic) bond motifs is 1. The van der Waals surface area contributed by atoms with Crippen LogP contribution < -0.4 is 9.64 Å². The van der Waals surface area contributed by atoms with Crippen LogP contribution in [0.5, 0.6) is 5.75 Å². The second kappa shape index (κ2) is 6.82. The molecule has 1 saturated heterocycles. The van der Waals surface area contributed by atoms with Gasteiger partial charge in [-0.2, -0.15) is 0 Å². The number of ether oxygens (including phenoxy) is 1. The van der Waals surface area contributed by atoms with E-state index >= 15 is 0 Å². The van der Waals surface area contributed by atoms with Crippen molar-refractivity contribution >= 4 is 22.9 Å². The first-order valence-electron chi connectivity index (χ1n) is 8.80. The molecular formula is C20H22ClN3O2. The largest absolute Gasteiger partial charge is 0.495 e. The minimum atomic E-state index is -0.104. The summed E-state index contributed by atoms with van der Waals surface area (Å²) in [6, 6.07) is 7.81. The van der Waals surface area contributed by atoms with Crippen LogP contribution in [0, 0.1) is 5.92 Å². The van der Waals surface area contributed by atoms with Crippen molar-refractivity contribution in [3.05, 3.63) is 47.2 Å². The zero-order chi connectivity index (χ0) is 18.3. The van der Waals surface area contributed by atoms with Crippen LogP contribution in [0.3, 0.4) is 0 Å². The van der Waals surface area contributed by atoms with Gasteiger partial charge in [0.25, 0.3) is 0 Å². The summed E-state index contributed by atoms with van der Waals surface area (Å²) in [7, 11) is 1.56. The van der Waals surface area contributed by atoms with Crippen molar-refractivity contribution in [3.8, 4) is 17.0 Å². The second-order valence-corrected chi connectivity index (χ2v) is 7.33. The van der Waals surface area contributed by atoms with Gasteiger partial charge < -0.3 is 19.1 Å². The standard InChI is InChI=1S/C20H22ClN3O2/c1-13-3-5-23(10-13)15-4-6-24-11-18(22-20(24)8-15)16-9-17(21)19(26-2)7-14(16)12-25/h4,6-9,11,13,25H,3,5,10,12H2,1-2H3/t13-/m0/s1. The van der Waals surface area contributed by atoms with E-state index < -0.39 is 0 Å². The minimum absolute atomic E-state index is 0.104. The molecule has 3 aromatic rings. The predicted molar refractivity (Wildman–Crippen MR) is 104 cm³/mol. The molecule has 1 aromatic carbocycles. The maximum Gasteiger partial charge on any atom is 0.139 e. The lowest BCUT2D eigenvalue weighted by Crippen LogP contribution is -2.18. The van der Waals surface area contributed by atoms with E-state index in [-0.39, 0.29) is 6.61 Å². The number of rotatable bonds is 4. The van der Waals surface area contributed by atoms with Crippen LogP contribution in [-0.2, 0) is 6.61 Å². The van der Waals surface area contributed by atoms with E-state index in [4.69, 9.17) is 21.3 Å². The fourth-order valence-corrected chi connectivity index (χ4v) is 3.83. The maximum absolute atomic E-state index is 9.74. The highest BCUT2D eigenvalue weighted by Crippen LogP contribution is 2.34. The van der Waals surface area contributed by atoms with E-state index in [9.17, 15) is 5.11 Å². The predicted octanol–water partition coefficient (Wildman–Crippen LogP) is 4.00. The number of nitrogens with zero attached hydrogens (tertiary/aromatic N) is 3. The summed E-state index contributed by atoms with van der Waals surface area (Å²) in [6.45, 7) is 4.36. The molecule has 26 heavy (non-hydrogen) atoms. The summed E-state index contributed by atoms with van der Waals surface area (Å²) >= 11 is 6.28. The molecule has 0 spiro atoms. The molecule has 0 saturated carbocycles. The van der Waals surface area contributed by atoms with Gasteiger partial charge in [0, 0.05) is 42.8 Å². The summed E-state index contributed by atoms with van der Waals surface area (Å²) in [5.74, 6) is 1.28. The normalized spacial score (nSPS) is 17.2. The number of hydrogen-bond donors (Lipinski definition) is 1. The van der Waals surface area contributed by atoms with Gasteiger partial charge in [-0.05, 0) is 36.1 Å². The first-order valence-corrected chi connectivity index (χ1v) is 9.18. The number of benzene rings is 1. The van der Waals surface area contributed by atoms with Gasteiger partial charge in [-0.15, -0.1) is 0 Å². The molecule has 0 bridgehead atoms. The van der Waals surface area contributed by atoms with Crippen molar-refractivity contribution in [2.24, 2.45) is 5.92 Å². The molecule has 136 valence electrons. The van der Waals surface area contributed by atoms with E-state index in [1.807, 2.05) is 16.8 Å². The summed E-state index contributed by atoms with van der Waals surface area (Å²) in [6.07, 6.45) is 5.23. The van der Waals surface area contributed by atoms with Crippen molar-refractivity contribution in [2.75, 3.05) is 25.1 Å². The molecule has 4 rings (SSSR count). The molecule has 1 aliphatic heterocycles. The van der Waals surface area contributed by atoms with Gasteiger partial charge in [0.05, 0.1) is 24.4 Å².